The molecule has 140 valence electrons. The van der Waals surface area contributed by atoms with Crippen molar-refractivity contribution < 1.29 is 4.79 Å². The normalized spacial score (nSPS) is 16.9. The van der Waals surface area contributed by atoms with E-state index in [9.17, 15) is 9.59 Å². The molecule has 1 aliphatic rings. The highest BCUT2D eigenvalue weighted by Crippen LogP contribution is 2.17. The fourth-order valence-electron chi connectivity index (χ4n) is 3.37. The molecule has 7 heteroatoms. The molecule has 1 amide bonds. The number of anilines is 1. The molecule has 2 aromatic rings. The molecule has 0 saturated carbocycles. The van der Waals surface area contributed by atoms with Crippen LogP contribution in [0.3, 0.4) is 0 Å². The molecule has 26 heavy (non-hydrogen) atoms. The SMILES string of the molecule is CC(C)NC(=O)C(C)N1CCN(c2nc3ccccc3c(=O)n2C)CC1. The Balaban J connectivity index is 1.74. The molecular weight excluding hydrogens is 330 g/mol. The van der Waals surface area contributed by atoms with Gasteiger partial charge in [-0.15, -0.1) is 0 Å². The van der Waals surface area contributed by atoms with E-state index in [1.807, 2.05) is 39.0 Å². The Morgan fingerprint density at radius 1 is 1.12 bits per heavy atom. The molecule has 0 radical (unpaired) electrons. The highest BCUT2D eigenvalue weighted by molar-refractivity contribution is 5.81. The van der Waals surface area contributed by atoms with Crippen molar-refractivity contribution in [2.45, 2.75) is 32.9 Å². The number of carbonyl (C=O) groups is 1. The average Bonchev–Trinajstić information content (AvgIpc) is 2.63. The van der Waals surface area contributed by atoms with Crippen molar-refractivity contribution in [1.82, 2.24) is 19.8 Å². The van der Waals surface area contributed by atoms with Gasteiger partial charge in [0.2, 0.25) is 11.9 Å². The van der Waals surface area contributed by atoms with Gasteiger partial charge in [0.1, 0.15) is 0 Å². The summed E-state index contributed by atoms with van der Waals surface area (Å²) >= 11 is 0. The van der Waals surface area contributed by atoms with Crippen molar-refractivity contribution in [3.05, 3.63) is 34.6 Å². The largest absolute Gasteiger partial charge is 0.353 e. The number of benzene rings is 1. The summed E-state index contributed by atoms with van der Waals surface area (Å²) in [5.74, 6) is 0.748. The van der Waals surface area contributed by atoms with Gasteiger partial charge in [0.25, 0.3) is 5.56 Å². The molecule has 0 aliphatic carbocycles. The summed E-state index contributed by atoms with van der Waals surface area (Å²) in [6, 6.07) is 7.41. The molecule has 1 N–H and O–H groups in total. The van der Waals surface area contributed by atoms with E-state index in [4.69, 9.17) is 4.98 Å². The second kappa shape index (κ2) is 7.45. The van der Waals surface area contributed by atoms with E-state index in [2.05, 4.69) is 15.1 Å². The molecule has 1 fully saturated rings. The van der Waals surface area contributed by atoms with E-state index < -0.39 is 0 Å². The number of hydrogen-bond donors (Lipinski definition) is 1. The predicted octanol–water partition coefficient (Wildman–Crippen LogP) is 0.969. The van der Waals surface area contributed by atoms with E-state index >= 15 is 0 Å². The molecule has 1 aromatic carbocycles. The van der Waals surface area contributed by atoms with Crippen LogP contribution in [0.1, 0.15) is 20.8 Å². The maximum Gasteiger partial charge on any atom is 0.262 e. The minimum Gasteiger partial charge on any atom is -0.353 e. The predicted molar refractivity (Wildman–Crippen MR) is 104 cm³/mol. The van der Waals surface area contributed by atoms with Crippen molar-refractivity contribution in [1.29, 1.82) is 0 Å². The van der Waals surface area contributed by atoms with Crippen LogP contribution in [0.5, 0.6) is 0 Å². The van der Waals surface area contributed by atoms with E-state index in [1.165, 1.54) is 0 Å². The first-order valence-corrected chi connectivity index (χ1v) is 9.13. The van der Waals surface area contributed by atoms with E-state index in [0.29, 0.717) is 11.3 Å². The maximum absolute atomic E-state index is 12.6. The third kappa shape index (κ3) is 3.58. The smallest absolute Gasteiger partial charge is 0.262 e. The summed E-state index contributed by atoms with van der Waals surface area (Å²) in [7, 11) is 1.77. The van der Waals surface area contributed by atoms with Gasteiger partial charge >= 0.3 is 0 Å². The monoisotopic (exact) mass is 357 g/mol. The number of nitrogens with zero attached hydrogens (tertiary/aromatic N) is 4. The van der Waals surface area contributed by atoms with Crippen LogP contribution in [0, 0.1) is 0 Å². The maximum atomic E-state index is 12.6. The third-order valence-electron chi connectivity index (χ3n) is 4.91. The summed E-state index contributed by atoms with van der Waals surface area (Å²) in [6.45, 7) is 8.86. The molecule has 2 heterocycles. The lowest BCUT2D eigenvalue weighted by Gasteiger charge is -2.38. The summed E-state index contributed by atoms with van der Waals surface area (Å²) in [5, 5.41) is 3.60. The Bertz CT molecular complexity index is 853. The van der Waals surface area contributed by atoms with Crippen LogP contribution < -0.4 is 15.8 Å². The highest BCUT2D eigenvalue weighted by atomic mass is 16.2. The lowest BCUT2D eigenvalue weighted by molar-refractivity contribution is -0.126. The first-order valence-electron chi connectivity index (χ1n) is 9.13. The number of rotatable bonds is 4. The van der Waals surface area contributed by atoms with Gasteiger partial charge in [0.15, 0.2) is 0 Å². The van der Waals surface area contributed by atoms with Crippen LogP contribution in [0.15, 0.2) is 29.1 Å². The summed E-state index contributed by atoms with van der Waals surface area (Å²) in [5.41, 5.74) is 0.690. The van der Waals surface area contributed by atoms with Crippen molar-refractivity contribution >= 4 is 22.8 Å². The fraction of sp³-hybridized carbons (Fsp3) is 0.526. The average molecular weight is 357 g/mol. The Hall–Kier alpha value is -2.41. The summed E-state index contributed by atoms with van der Waals surface area (Å²) in [4.78, 5) is 33.8. The number of carbonyl (C=O) groups excluding carboxylic acids is 1. The van der Waals surface area contributed by atoms with Crippen molar-refractivity contribution in [3.63, 3.8) is 0 Å². The van der Waals surface area contributed by atoms with Gasteiger partial charge in [-0.05, 0) is 32.9 Å². The zero-order chi connectivity index (χ0) is 18.8. The Morgan fingerprint density at radius 3 is 2.42 bits per heavy atom. The quantitative estimate of drug-likeness (QED) is 0.883. The minimum atomic E-state index is -0.159. The zero-order valence-corrected chi connectivity index (χ0v) is 15.9. The van der Waals surface area contributed by atoms with Crippen LogP contribution in [-0.4, -0.2) is 58.6 Å². The van der Waals surface area contributed by atoms with Crippen LogP contribution in [-0.2, 0) is 11.8 Å². The lowest BCUT2D eigenvalue weighted by Crippen LogP contribution is -2.55. The van der Waals surface area contributed by atoms with Gasteiger partial charge in [0.05, 0.1) is 16.9 Å². The van der Waals surface area contributed by atoms with Crippen molar-refractivity contribution in [2.75, 3.05) is 31.1 Å². The van der Waals surface area contributed by atoms with Crippen LogP contribution >= 0.6 is 0 Å². The van der Waals surface area contributed by atoms with Gasteiger partial charge in [-0.3, -0.25) is 19.1 Å². The van der Waals surface area contributed by atoms with E-state index in [-0.39, 0.29) is 23.6 Å². The number of fused-ring (bicyclic) bond motifs is 1. The molecule has 1 saturated heterocycles. The zero-order valence-electron chi connectivity index (χ0n) is 15.9. The minimum absolute atomic E-state index is 0.0299. The van der Waals surface area contributed by atoms with Crippen LogP contribution in [0.2, 0.25) is 0 Å². The Kier molecular flexibility index (Phi) is 5.27. The van der Waals surface area contributed by atoms with Crippen molar-refractivity contribution in [2.24, 2.45) is 7.05 Å². The number of nitrogens with one attached hydrogen (secondary N) is 1. The lowest BCUT2D eigenvalue weighted by atomic mass is 10.2. The molecule has 0 bridgehead atoms. The number of amides is 1. The van der Waals surface area contributed by atoms with Crippen LogP contribution in [0.25, 0.3) is 10.9 Å². The van der Waals surface area contributed by atoms with E-state index in [0.717, 1.165) is 31.7 Å². The summed E-state index contributed by atoms with van der Waals surface area (Å²) in [6.07, 6.45) is 0. The first-order chi connectivity index (χ1) is 12.4. The molecule has 3 rings (SSSR count). The molecule has 1 aliphatic heterocycles. The molecule has 0 spiro atoms. The van der Waals surface area contributed by atoms with Gasteiger partial charge in [0, 0.05) is 39.3 Å². The molecule has 1 unspecified atom stereocenters. The van der Waals surface area contributed by atoms with Crippen LogP contribution in [0.4, 0.5) is 5.95 Å². The van der Waals surface area contributed by atoms with Crippen molar-refractivity contribution in [3.8, 4) is 0 Å². The molecular formula is C19H27N5O2. The second-order valence-electron chi connectivity index (χ2n) is 7.16. The second-order valence-corrected chi connectivity index (χ2v) is 7.16. The molecule has 1 atom stereocenters. The number of piperazine rings is 1. The number of para-hydroxylation sites is 1. The third-order valence-corrected chi connectivity index (χ3v) is 4.91. The number of aromatic nitrogens is 2. The first kappa shape index (κ1) is 18.4. The molecule has 7 nitrogen and oxygen atoms in total. The van der Waals surface area contributed by atoms with Gasteiger partial charge in [-0.1, -0.05) is 12.1 Å². The van der Waals surface area contributed by atoms with E-state index in [1.54, 1.807) is 17.7 Å². The fourth-order valence-corrected chi connectivity index (χ4v) is 3.37. The Labute approximate surface area is 153 Å². The van der Waals surface area contributed by atoms with Gasteiger partial charge in [-0.25, -0.2) is 4.98 Å². The summed E-state index contributed by atoms with van der Waals surface area (Å²) < 4.78 is 1.62. The Morgan fingerprint density at radius 2 is 1.77 bits per heavy atom. The molecule has 1 aromatic heterocycles. The van der Waals surface area contributed by atoms with Gasteiger partial charge < -0.3 is 10.2 Å². The van der Waals surface area contributed by atoms with Gasteiger partial charge in [-0.2, -0.15) is 0 Å². The topological polar surface area (TPSA) is 70.5 Å². The number of hydrogen-bond acceptors (Lipinski definition) is 5. The highest BCUT2D eigenvalue weighted by Gasteiger charge is 2.27. The standard InChI is InChI=1S/C19H27N5O2/c1-13(2)20-17(25)14(3)23-9-11-24(12-10-23)19-21-16-8-6-5-7-15(16)18(26)22(19)4/h5-8,13-14H,9-12H2,1-4H3,(H,20,25).